The van der Waals surface area contributed by atoms with E-state index < -0.39 is 0 Å². The molecule has 0 atom stereocenters. The van der Waals surface area contributed by atoms with Crippen LogP contribution in [0.2, 0.25) is 5.02 Å². The molecule has 0 saturated carbocycles. The van der Waals surface area contributed by atoms with Crippen molar-refractivity contribution in [3.05, 3.63) is 28.8 Å². The van der Waals surface area contributed by atoms with Crippen molar-refractivity contribution >= 4 is 23.2 Å². The maximum Gasteiger partial charge on any atom is 0.267 e. The summed E-state index contributed by atoms with van der Waals surface area (Å²) in [6.45, 7) is 2.58. The van der Waals surface area contributed by atoms with Crippen LogP contribution in [0.4, 0.5) is 5.69 Å². The van der Waals surface area contributed by atoms with Gasteiger partial charge in [0.15, 0.2) is 0 Å². The van der Waals surface area contributed by atoms with E-state index in [0.717, 1.165) is 0 Å². The first-order valence-electron chi connectivity index (χ1n) is 5.36. The Morgan fingerprint density at radius 1 is 1.41 bits per heavy atom. The molecule has 0 bridgehead atoms. The van der Waals surface area contributed by atoms with Crippen LogP contribution in [0, 0.1) is 0 Å². The highest BCUT2D eigenvalue weighted by Crippen LogP contribution is 2.22. The van der Waals surface area contributed by atoms with E-state index >= 15 is 0 Å². The molecule has 1 aromatic rings. The molecular weight excluding hydrogens is 242 g/mol. The second kappa shape index (κ2) is 5.35. The average molecular weight is 256 g/mol. The molecule has 1 aromatic carbocycles. The van der Waals surface area contributed by atoms with Gasteiger partial charge in [-0.25, -0.2) is 5.01 Å². The number of hydrogen-bond donors (Lipinski definition) is 2. The van der Waals surface area contributed by atoms with Gasteiger partial charge in [0.25, 0.3) is 5.91 Å². The zero-order chi connectivity index (χ0) is 12.3. The molecule has 92 valence electrons. The molecule has 1 aliphatic rings. The molecule has 1 saturated heterocycles. The first kappa shape index (κ1) is 12.2. The van der Waals surface area contributed by atoms with Crippen LogP contribution in [0.1, 0.15) is 10.4 Å². The second-order valence-electron chi connectivity index (χ2n) is 3.74. The zero-order valence-electron chi connectivity index (χ0n) is 9.28. The van der Waals surface area contributed by atoms with E-state index in [1.165, 1.54) is 0 Å². The van der Waals surface area contributed by atoms with Gasteiger partial charge in [-0.3, -0.25) is 10.2 Å². The van der Waals surface area contributed by atoms with Crippen molar-refractivity contribution < 1.29 is 9.53 Å². The van der Waals surface area contributed by atoms with E-state index in [2.05, 4.69) is 5.43 Å². The molecule has 0 aromatic heterocycles. The van der Waals surface area contributed by atoms with Crippen molar-refractivity contribution in [2.75, 3.05) is 32.0 Å². The maximum absolute atomic E-state index is 12.0. The molecule has 0 radical (unpaired) electrons. The number of hydrazine groups is 1. The Bertz CT molecular complexity index is 419. The number of carbonyl (C=O) groups excluding carboxylic acids is 1. The molecule has 3 N–H and O–H groups in total. The summed E-state index contributed by atoms with van der Waals surface area (Å²) in [5.41, 5.74) is 9.23. The Kier molecular flexibility index (Phi) is 3.83. The number of morpholine rings is 1. The Balaban J connectivity index is 2.06. The van der Waals surface area contributed by atoms with Crippen LogP contribution in [0.15, 0.2) is 18.2 Å². The number of nitrogen functional groups attached to an aromatic ring is 1. The third kappa shape index (κ3) is 2.88. The minimum atomic E-state index is -0.244. The zero-order valence-corrected chi connectivity index (χ0v) is 10.0. The number of nitrogens with one attached hydrogen (secondary N) is 1. The first-order valence-corrected chi connectivity index (χ1v) is 5.74. The summed E-state index contributed by atoms with van der Waals surface area (Å²) in [6, 6.07) is 5.01. The van der Waals surface area contributed by atoms with Gasteiger partial charge >= 0.3 is 0 Å². The largest absolute Gasteiger partial charge is 0.397 e. The molecular formula is C11H14ClN3O2. The maximum atomic E-state index is 12.0. The van der Waals surface area contributed by atoms with Crippen molar-refractivity contribution in [2.24, 2.45) is 0 Å². The van der Waals surface area contributed by atoms with E-state index in [1.54, 1.807) is 18.2 Å². The lowest BCUT2D eigenvalue weighted by molar-refractivity contribution is 0.0126. The van der Waals surface area contributed by atoms with Crippen LogP contribution in [0.5, 0.6) is 0 Å². The number of hydrogen-bond acceptors (Lipinski definition) is 4. The predicted molar refractivity (Wildman–Crippen MR) is 65.7 cm³/mol. The van der Waals surface area contributed by atoms with Crippen LogP contribution in [0.3, 0.4) is 0 Å². The van der Waals surface area contributed by atoms with Crippen molar-refractivity contribution in [1.82, 2.24) is 10.4 Å². The highest BCUT2D eigenvalue weighted by molar-refractivity contribution is 6.33. The third-order valence-corrected chi connectivity index (χ3v) is 2.90. The van der Waals surface area contributed by atoms with E-state index in [4.69, 9.17) is 22.1 Å². The number of nitrogens with zero attached hydrogens (tertiary/aromatic N) is 1. The van der Waals surface area contributed by atoms with Gasteiger partial charge in [-0.15, -0.1) is 0 Å². The van der Waals surface area contributed by atoms with Gasteiger partial charge in [-0.05, 0) is 12.1 Å². The van der Waals surface area contributed by atoms with E-state index in [1.807, 2.05) is 5.01 Å². The number of nitrogens with two attached hydrogens (primary N) is 1. The third-order valence-electron chi connectivity index (χ3n) is 2.57. The lowest BCUT2D eigenvalue weighted by atomic mass is 10.2. The number of para-hydroxylation sites is 1. The summed E-state index contributed by atoms with van der Waals surface area (Å²) in [7, 11) is 0. The molecule has 1 heterocycles. The molecule has 6 heteroatoms. The van der Waals surface area contributed by atoms with Gasteiger partial charge in [0.2, 0.25) is 0 Å². The standard InChI is InChI=1S/C11H14ClN3O2/c12-9-3-1-2-8(10(9)13)11(16)14-15-4-6-17-7-5-15/h1-3H,4-7,13H2,(H,14,16). The van der Waals surface area contributed by atoms with E-state index in [9.17, 15) is 4.79 Å². The molecule has 1 amide bonds. The Labute approximate surface area is 104 Å². The van der Waals surface area contributed by atoms with E-state index in [-0.39, 0.29) is 5.91 Å². The Morgan fingerprint density at radius 2 is 2.12 bits per heavy atom. The fourth-order valence-corrected chi connectivity index (χ4v) is 1.79. The van der Waals surface area contributed by atoms with Crippen LogP contribution in [-0.2, 0) is 4.74 Å². The first-order chi connectivity index (χ1) is 8.18. The minimum Gasteiger partial charge on any atom is -0.397 e. The predicted octanol–water partition coefficient (Wildman–Crippen LogP) is 0.899. The molecule has 1 aliphatic heterocycles. The molecule has 0 aliphatic carbocycles. The number of ether oxygens (including phenoxy) is 1. The molecule has 1 fully saturated rings. The monoisotopic (exact) mass is 255 g/mol. The van der Waals surface area contributed by atoms with Crippen molar-refractivity contribution in [2.45, 2.75) is 0 Å². The topological polar surface area (TPSA) is 67.6 Å². The summed E-state index contributed by atoms with van der Waals surface area (Å²) >= 11 is 5.86. The summed E-state index contributed by atoms with van der Waals surface area (Å²) in [5.74, 6) is -0.244. The average Bonchev–Trinajstić information content (AvgIpc) is 2.34. The minimum absolute atomic E-state index is 0.244. The number of amides is 1. The van der Waals surface area contributed by atoms with Crippen LogP contribution >= 0.6 is 11.6 Å². The number of benzene rings is 1. The van der Waals surface area contributed by atoms with Gasteiger partial charge in [0, 0.05) is 13.1 Å². The molecule has 5 nitrogen and oxygen atoms in total. The Hall–Kier alpha value is -1.30. The van der Waals surface area contributed by atoms with Gasteiger partial charge in [-0.2, -0.15) is 0 Å². The lowest BCUT2D eigenvalue weighted by Gasteiger charge is -2.27. The number of halogens is 1. The number of anilines is 1. The van der Waals surface area contributed by atoms with E-state index in [0.29, 0.717) is 42.6 Å². The molecule has 2 rings (SSSR count). The molecule has 0 spiro atoms. The highest BCUT2D eigenvalue weighted by Gasteiger charge is 2.16. The fraction of sp³-hybridized carbons (Fsp3) is 0.364. The van der Waals surface area contributed by atoms with Crippen molar-refractivity contribution in [1.29, 1.82) is 0 Å². The summed E-state index contributed by atoms with van der Waals surface area (Å²) in [5, 5.41) is 2.20. The summed E-state index contributed by atoms with van der Waals surface area (Å²) in [4.78, 5) is 12.0. The van der Waals surface area contributed by atoms with Crippen molar-refractivity contribution in [3.8, 4) is 0 Å². The number of rotatable bonds is 2. The lowest BCUT2D eigenvalue weighted by Crippen LogP contribution is -2.48. The van der Waals surface area contributed by atoms with Crippen LogP contribution in [0.25, 0.3) is 0 Å². The normalized spacial score (nSPS) is 16.8. The summed E-state index contributed by atoms with van der Waals surface area (Å²) < 4.78 is 5.19. The van der Waals surface area contributed by atoms with Gasteiger partial charge in [0.05, 0.1) is 29.5 Å². The van der Waals surface area contributed by atoms with Crippen LogP contribution < -0.4 is 11.2 Å². The quantitative estimate of drug-likeness (QED) is 0.771. The summed E-state index contributed by atoms with van der Waals surface area (Å²) in [6.07, 6.45) is 0. The smallest absolute Gasteiger partial charge is 0.267 e. The highest BCUT2D eigenvalue weighted by atomic mass is 35.5. The van der Waals surface area contributed by atoms with Gasteiger partial charge < -0.3 is 10.5 Å². The van der Waals surface area contributed by atoms with Crippen molar-refractivity contribution in [3.63, 3.8) is 0 Å². The van der Waals surface area contributed by atoms with Gasteiger partial charge in [0.1, 0.15) is 0 Å². The fourth-order valence-electron chi connectivity index (χ4n) is 1.61. The SMILES string of the molecule is Nc1c(Cl)cccc1C(=O)NN1CCOCC1. The molecule has 17 heavy (non-hydrogen) atoms. The number of carbonyl (C=O) groups is 1. The van der Waals surface area contributed by atoms with Crippen LogP contribution in [-0.4, -0.2) is 37.2 Å². The Morgan fingerprint density at radius 3 is 2.82 bits per heavy atom. The second-order valence-corrected chi connectivity index (χ2v) is 4.15. The van der Waals surface area contributed by atoms with Gasteiger partial charge in [-0.1, -0.05) is 17.7 Å². The molecule has 0 unspecified atom stereocenters.